The molecule has 1 atom stereocenters. The molecule has 0 bridgehead atoms. The van der Waals surface area contributed by atoms with E-state index in [9.17, 15) is 4.79 Å². The topological polar surface area (TPSA) is 58.6 Å². The van der Waals surface area contributed by atoms with Gasteiger partial charge in [-0.15, -0.1) is 0 Å². The number of aromatic nitrogens is 2. The lowest BCUT2D eigenvalue weighted by atomic mass is 10.0. The van der Waals surface area contributed by atoms with E-state index in [1.54, 1.807) is 7.11 Å². The van der Waals surface area contributed by atoms with Crippen LogP contribution in [0.25, 0.3) is 0 Å². The molecule has 0 spiro atoms. The second kappa shape index (κ2) is 8.91. The number of hydrogen-bond donors (Lipinski definition) is 0. The van der Waals surface area contributed by atoms with Gasteiger partial charge >= 0.3 is 0 Å². The molecule has 3 heterocycles. The van der Waals surface area contributed by atoms with Gasteiger partial charge in [0.1, 0.15) is 12.4 Å². The lowest BCUT2D eigenvalue weighted by molar-refractivity contribution is -0.136. The third-order valence-corrected chi connectivity index (χ3v) is 6.02. The number of fused-ring (bicyclic) bond motifs is 1. The molecule has 4 rings (SSSR count). The Bertz CT molecular complexity index is 855. The summed E-state index contributed by atoms with van der Waals surface area (Å²) < 4.78 is 5.07. The lowest BCUT2D eigenvalue weighted by Gasteiger charge is -2.32. The van der Waals surface area contributed by atoms with Crippen LogP contribution in [0.15, 0.2) is 30.3 Å². The molecule has 0 aliphatic carbocycles. The molecule has 29 heavy (non-hydrogen) atoms. The molecule has 0 unspecified atom stereocenters. The summed E-state index contributed by atoms with van der Waals surface area (Å²) in [6.45, 7) is 4.92. The van der Waals surface area contributed by atoms with Crippen molar-refractivity contribution in [3.05, 3.63) is 53.0 Å². The number of hydrogen-bond acceptors (Lipinski definition) is 5. The first-order valence-corrected chi connectivity index (χ1v) is 10.6. The van der Waals surface area contributed by atoms with Gasteiger partial charge in [0.25, 0.3) is 0 Å². The van der Waals surface area contributed by atoms with Crippen molar-refractivity contribution in [1.29, 1.82) is 0 Å². The smallest absolute Gasteiger partial charge is 0.249 e. The fraction of sp³-hybridized carbons (Fsp3) is 0.522. The van der Waals surface area contributed by atoms with E-state index in [4.69, 9.17) is 14.7 Å². The Balaban J connectivity index is 1.58. The highest BCUT2D eigenvalue weighted by Gasteiger charge is 2.33. The number of aryl methyl sites for hydroxylation is 1. The fourth-order valence-electron chi connectivity index (χ4n) is 4.52. The summed E-state index contributed by atoms with van der Waals surface area (Å²) in [5.74, 6) is 1.88. The molecular formula is C23H30N4O2. The third-order valence-electron chi connectivity index (χ3n) is 6.02. The number of nitrogens with zero attached hydrogens (tertiary/aromatic N) is 4. The molecule has 6 nitrogen and oxygen atoms in total. The van der Waals surface area contributed by atoms with E-state index < -0.39 is 0 Å². The van der Waals surface area contributed by atoms with E-state index in [-0.39, 0.29) is 18.6 Å². The molecule has 1 aromatic carbocycles. The van der Waals surface area contributed by atoms with E-state index in [1.807, 2.05) is 4.90 Å². The summed E-state index contributed by atoms with van der Waals surface area (Å²) in [6.07, 6.45) is 5.06. The number of anilines is 1. The van der Waals surface area contributed by atoms with Gasteiger partial charge in [0.05, 0.1) is 6.04 Å². The molecule has 1 amide bonds. The minimum absolute atomic E-state index is 0.0231. The number of ether oxygens (including phenoxy) is 1. The van der Waals surface area contributed by atoms with Crippen LogP contribution in [0.3, 0.4) is 0 Å². The Kier molecular flexibility index (Phi) is 6.09. The van der Waals surface area contributed by atoms with Crippen LogP contribution in [0, 0.1) is 6.92 Å². The molecule has 0 saturated carbocycles. The maximum atomic E-state index is 12.5. The van der Waals surface area contributed by atoms with Gasteiger partial charge in [0.15, 0.2) is 5.82 Å². The molecule has 1 saturated heterocycles. The van der Waals surface area contributed by atoms with E-state index in [0.29, 0.717) is 0 Å². The zero-order valence-electron chi connectivity index (χ0n) is 17.4. The molecule has 0 N–H and O–H groups in total. The highest BCUT2D eigenvalue weighted by molar-refractivity contribution is 5.78. The minimum atomic E-state index is -0.0421. The number of methoxy groups -OCH3 is 1. The zero-order valence-corrected chi connectivity index (χ0v) is 17.4. The number of carbonyl (C=O) groups excluding carboxylic acids is 1. The fourth-order valence-corrected chi connectivity index (χ4v) is 4.52. The molecule has 154 valence electrons. The number of amides is 1. The second-order valence-corrected chi connectivity index (χ2v) is 7.97. The average Bonchev–Trinajstić information content (AvgIpc) is 3.23. The van der Waals surface area contributed by atoms with Crippen molar-refractivity contribution in [3.63, 3.8) is 0 Å². The largest absolute Gasteiger partial charge is 0.375 e. The van der Waals surface area contributed by atoms with Crippen molar-refractivity contribution in [2.45, 2.75) is 45.1 Å². The van der Waals surface area contributed by atoms with Crippen LogP contribution in [0.1, 0.15) is 47.9 Å². The van der Waals surface area contributed by atoms with E-state index in [2.05, 4.69) is 42.2 Å². The monoisotopic (exact) mass is 394 g/mol. The highest BCUT2D eigenvalue weighted by Crippen LogP contribution is 2.34. The van der Waals surface area contributed by atoms with Crippen LogP contribution < -0.4 is 4.90 Å². The third kappa shape index (κ3) is 4.27. The first-order chi connectivity index (χ1) is 14.2. The lowest BCUT2D eigenvalue weighted by Crippen LogP contribution is -2.36. The van der Waals surface area contributed by atoms with Crippen LogP contribution in [-0.2, 0) is 22.4 Å². The molecule has 2 aromatic rings. The van der Waals surface area contributed by atoms with Gasteiger partial charge in [0, 0.05) is 38.0 Å². The van der Waals surface area contributed by atoms with Gasteiger partial charge in [-0.2, -0.15) is 0 Å². The van der Waals surface area contributed by atoms with E-state index >= 15 is 0 Å². The summed E-state index contributed by atoms with van der Waals surface area (Å²) in [7, 11) is 1.56. The van der Waals surface area contributed by atoms with Gasteiger partial charge in [-0.1, -0.05) is 30.3 Å². The van der Waals surface area contributed by atoms with Crippen LogP contribution in [-0.4, -0.2) is 54.1 Å². The Morgan fingerprint density at radius 1 is 1.17 bits per heavy atom. The van der Waals surface area contributed by atoms with Gasteiger partial charge in [-0.3, -0.25) is 4.79 Å². The van der Waals surface area contributed by atoms with Gasteiger partial charge in [0.2, 0.25) is 5.91 Å². The summed E-state index contributed by atoms with van der Waals surface area (Å²) in [5, 5.41) is 0. The van der Waals surface area contributed by atoms with Crippen molar-refractivity contribution < 1.29 is 9.53 Å². The quantitative estimate of drug-likeness (QED) is 0.754. The van der Waals surface area contributed by atoms with Crippen LogP contribution in [0.4, 0.5) is 5.82 Å². The number of likely N-dealkylation sites (tertiary alicyclic amines) is 1. The average molecular weight is 395 g/mol. The normalized spacial score (nSPS) is 18.8. The maximum absolute atomic E-state index is 12.5. The Hall–Kier alpha value is -2.47. The predicted octanol–water partition coefficient (Wildman–Crippen LogP) is 3.09. The van der Waals surface area contributed by atoms with Gasteiger partial charge in [-0.25, -0.2) is 9.97 Å². The van der Waals surface area contributed by atoms with Gasteiger partial charge in [-0.05, 0) is 44.6 Å². The zero-order chi connectivity index (χ0) is 20.2. The van der Waals surface area contributed by atoms with Crippen LogP contribution in [0.5, 0.6) is 0 Å². The molecule has 6 heteroatoms. The first kappa shape index (κ1) is 19.8. The van der Waals surface area contributed by atoms with Crippen molar-refractivity contribution in [1.82, 2.24) is 14.9 Å². The molecule has 1 aromatic heterocycles. The van der Waals surface area contributed by atoms with Crippen molar-refractivity contribution in [2.24, 2.45) is 0 Å². The molecule has 0 radical (unpaired) electrons. The highest BCUT2D eigenvalue weighted by atomic mass is 16.5. The number of rotatable bonds is 6. The van der Waals surface area contributed by atoms with Crippen molar-refractivity contribution in [2.75, 3.05) is 38.3 Å². The van der Waals surface area contributed by atoms with Crippen molar-refractivity contribution >= 4 is 11.7 Å². The predicted molar refractivity (Wildman–Crippen MR) is 113 cm³/mol. The SMILES string of the molecule is COCC(=O)N1CCC[C@@H]1c1nc(C)c2c(n1)N(CCc1ccccc1)CCC2. The van der Waals surface area contributed by atoms with Gasteiger partial charge < -0.3 is 14.5 Å². The summed E-state index contributed by atoms with van der Waals surface area (Å²) >= 11 is 0. The molecule has 1 fully saturated rings. The Morgan fingerprint density at radius 2 is 2.00 bits per heavy atom. The van der Waals surface area contributed by atoms with E-state index in [0.717, 1.165) is 69.1 Å². The maximum Gasteiger partial charge on any atom is 0.249 e. The molecule has 2 aliphatic heterocycles. The van der Waals surface area contributed by atoms with Crippen molar-refractivity contribution in [3.8, 4) is 0 Å². The number of benzene rings is 1. The minimum Gasteiger partial charge on any atom is -0.375 e. The summed E-state index contributed by atoms with van der Waals surface area (Å²) in [5.41, 5.74) is 3.67. The summed E-state index contributed by atoms with van der Waals surface area (Å²) in [4.78, 5) is 26.6. The van der Waals surface area contributed by atoms with E-state index in [1.165, 1.54) is 11.1 Å². The first-order valence-electron chi connectivity index (χ1n) is 10.6. The Labute approximate surface area is 172 Å². The van der Waals surface area contributed by atoms with Crippen LogP contribution in [0.2, 0.25) is 0 Å². The standard InChI is InChI=1S/C23H30N4O2/c1-17-19-10-6-13-26(15-12-18-8-4-3-5-9-18)23(19)25-22(24-17)20-11-7-14-27(20)21(28)16-29-2/h3-5,8-9,20H,6-7,10-16H2,1-2H3/t20-/m1/s1. The number of carbonyl (C=O) groups is 1. The second-order valence-electron chi connectivity index (χ2n) is 7.97. The molecular weight excluding hydrogens is 364 g/mol. The molecule has 2 aliphatic rings. The summed E-state index contributed by atoms with van der Waals surface area (Å²) in [6, 6.07) is 10.6. The Morgan fingerprint density at radius 3 is 2.79 bits per heavy atom. The van der Waals surface area contributed by atoms with Crippen LogP contribution >= 0.6 is 0 Å².